The van der Waals surface area contributed by atoms with Crippen LogP contribution < -0.4 is 5.84 Å². The first kappa shape index (κ1) is 17.7. The van der Waals surface area contributed by atoms with Crippen LogP contribution in [0.3, 0.4) is 0 Å². The number of aryl methyl sites for hydroxylation is 1. The van der Waals surface area contributed by atoms with Crippen LogP contribution in [0.2, 0.25) is 0 Å². The van der Waals surface area contributed by atoms with Gasteiger partial charge in [-0.05, 0) is 19.1 Å². The summed E-state index contributed by atoms with van der Waals surface area (Å²) in [4.78, 5) is 4.68. The minimum Gasteiger partial charge on any atom is -0.335 e. The van der Waals surface area contributed by atoms with Gasteiger partial charge in [-0.3, -0.25) is 0 Å². The maximum absolute atomic E-state index is 13.4. The second-order valence-corrected chi connectivity index (χ2v) is 7.79. The first-order valence-electron chi connectivity index (χ1n) is 8.21. The summed E-state index contributed by atoms with van der Waals surface area (Å²) in [6.45, 7) is 2.06. The van der Waals surface area contributed by atoms with Crippen molar-refractivity contribution in [2.24, 2.45) is 0 Å². The molecule has 2 aromatic heterocycles. The molecule has 2 heterocycles. The lowest BCUT2D eigenvalue weighted by molar-refractivity contribution is 0.628. The molecule has 0 aliphatic rings. The lowest BCUT2D eigenvalue weighted by atomic mass is 10.2. The van der Waals surface area contributed by atoms with E-state index in [1.54, 1.807) is 23.5 Å². The minimum atomic E-state index is -0.337. The fourth-order valence-electron chi connectivity index (χ4n) is 2.54. The van der Waals surface area contributed by atoms with E-state index in [9.17, 15) is 4.39 Å². The van der Waals surface area contributed by atoms with Gasteiger partial charge in [0.05, 0.1) is 5.69 Å². The molecule has 0 saturated heterocycles. The predicted molar refractivity (Wildman–Crippen MR) is 107 cm³/mol. The molecule has 4 rings (SSSR count). The number of hydrogen-bond acceptors (Lipinski definition) is 6. The molecule has 5 nitrogen and oxygen atoms in total. The molecular weight excluding hydrogens is 381 g/mol. The average molecular weight is 398 g/mol. The fourth-order valence-corrected chi connectivity index (χ4v) is 4.22. The molecule has 0 radical (unpaired) electrons. The highest BCUT2D eigenvalue weighted by atomic mass is 32.2. The van der Waals surface area contributed by atoms with Gasteiger partial charge in [-0.25, -0.2) is 14.1 Å². The Kier molecular flexibility index (Phi) is 4.91. The Labute approximate surface area is 164 Å². The third-order valence-corrected chi connectivity index (χ3v) is 5.86. The molecule has 0 amide bonds. The molecule has 0 aliphatic carbocycles. The third kappa shape index (κ3) is 3.86. The number of nitrogen functional groups attached to an aromatic ring is 1. The number of benzene rings is 2. The zero-order chi connectivity index (χ0) is 18.8. The van der Waals surface area contributed by atoms with Crippen molar-refractivity contribution in [1.29, 1.82) is 0 Å². The van der Waals surface area contributed by atoms with E-state index < -0.39 is 0 Å². The van der Waals surface area contributed by atoms with Crippen molar-refractivity contribution in [3.8, 4) is 22.0 Å². The summed E-state index contributed by atoms with van der Waals surface area (Å²) in [6, 6.07) is 14.4. The van der Waals surface area contributed by atoms with Crippen LogP contribution in [0.25, 0.3) is 22.0 Å². The van der Waals surface area contributed by atoms with E-state index in [0.29, 0.717) is 22.3 Å². The zero-order valence-corrected chi connectivity index (χ0v) is 16.1. The van der Waals surface area contributed by atoms with Gasteiger partial charge in [0.1, 0.15) is 10.8 Å². The van der Waals surface area contributed by atoms with Crippen LogP contribution in [0.1, 0.15) is 11.3 Å². The monoisotopic (exact) mass is 397 g/mol. The Morgan fingerprint density at radius 2 is 1.93 bits per heavy atom. The number of nitrogens with two attached hydrogens (primary N) is 1. The number of hydrogen-bond donors (Lipinski definition) is 1. The van der Waals surface area contributed by atoms with Crippen LogP contribution in [0, 0.1) is 12.7 Å². The second-order valence-electron chi connectivity index (χ2n) is 5.99. The van der Waals surface area contributed by atoms with Gasteiger partial charge in [-0.15, -0.1) is 21.5 Å². The van der Waals surface area contributed by atoms with Crippen LogP contribution in [-0.2, 0) is 5.75 Å². The van der Waals surface area contributed by atoms with Gasteiger partial charge in [-0.1, -0.05) is 53.7 Å². The standard InChI is InChI=1S/C19H16FN5S2/c1-12-5-7-13(8-6-12)18-22-16(10-26-18)11-27-19-24-23-17(25(19)21)14-3-2-4-15(20)9-14/h2-10H,11,21H2,1H3. The molecule has 0 unspecified atom stereocenters. The molecule has 0 spiro atoms. The molecule has 2 N–H and O–H groups in total. The van der Waals surface area contributed by atoms with E-state index in [0.717, 1.165) is 16.3 Å². The van der Waals surface area contributed by atoms with E-state index in [1.807, 2.05) is 5.38 Å². The zero-order valence-electron chi connectivity index (χ0n) is 14.5. The lowest BCUT2D eigenvalue weighted by Gasteiger charge is -2.03. The van der Waals surface area contributed by atoms with Crippen LogP contribution in [0.15, 0.2) is 59.1 Å². The van der Waals surface area contributed by atoms with Crippen LogP contribution >= 0.6 is 23.1 Å². The highest BCUT2D eigenvalue weighted by Gasteiger charge is 2.14. The highest BCUT2D eigenvalue weighted by Crippen LogP contribution is 2.28. The lowest BCUT2D eigenvalue weighted by Crippen LogP contribution is -2.11. The highest BCUT2D eigenvalue weighted by molar-refractivity contribution is 7.98. The quantitative estimate of drug-likeness (QED) is 0.396. The summed E-state index contributed by atoms with van der Waals surface area (Å²) >= 11 is 3.06. The SMILES string of the molecule is Cc1ccc(-c2nc(CSc3nnc(-c4cccc(F)c4)n3N)cs2)cc1. The number of aromatic nitrogens is 4. The van der Waals surface area contributed by atoms with Crippen molar-refractivity contribution in [1.82, 2.24) is 19.9 Å². The van der Waals surface area contributed by atoms with Crippen LogP contribution in [0.5, 0.6) is 0 Å². The molecule has 0 saturated carbocycles. The molecule has 0 fully saturated rings. The molecule has 136 valence electrons. The molecule has 0 bridgehead atoms. The molecule has 4 aromatic rings. The third-order valence-electron chi connectivity index (χ3n) is 3.95. The Morgan fingerprint density at radius 3 is 2.70 bits per heavy atom. The maximum Gasteiger partial charge on any atom is 0.210 e. The van der Waals surface area contributed by atoms with E-state index in [-0.39, 0.29) is 5.82 Å². The smallest absolute Gasteiger partial charge is 0.210 e. The minimum absolute atomic E-state index is 0.337. The molecular formula is C19H16FN5S2. The molecule has 2 aromatic carbocycles. The molecule has 27 heavy (non-hydrogen) atoms. The molecule has 0 aliphatic heterocycles. The largest absolute Gasteiger partial charge is 0.335 e. The van der Waals surface area contributed by atoms with Gasteiger partial charge >= 0.3 is 0 Å². The summed E-state index contributed by atoms with van der Waals surface area (Å²) in [5, 5.41) is 11.8. The van der Waals surface area contributed by atoms with E-state index >= 15 is 0 Å². The Morgan fingerprint density at radius 1 is 1.11 bits per heavy atom. The van der Waals surface area contributed by atoms with E-state index in [2.05, 4.69) is 46.4 Å². The van der Waals surface area contributed by atoms with Crippen molar-refractivity contribution in [2.75, 3.05) is 5.84 Å². The van der Waals surface area contributed by atoms with Crippen molar-refractivity contribution in [3.63, 3.8) is 0 Å². The first-order chi connectivity index (χ1) is 13.1. The number of thioether (sulfide) groups is 1. The maximum atomic E-state index is 13.4. The van der Waals surface area contributed by atoms with Gasteiger partial charge < -0.3 is 5.84 Å². The Hall–Kier alpha value is -2.71. The van der Waals surface area contributed by atoms with Gasteiger partial charge in [0, 0.05) is 22.3 Å². The second kappa shape index (κ2) is 7.50. The van der Waals surface area contributed by atoms with Crippen molar-refractivity contribution in [2.45, 2.75) is 17.8 Å². The summed E-state index contributed by atoms with van der Waals surface area (Å²) in [6.07, 6.45) is 0. The predicted octanol–water partition coefficient (Wildman–Crippen LogP) is 4.52. The van der Waals surface area contributed by atoms with Crippen molar-refractivity contribution < 1.29 is 4.39 Å². The number of nitrogens with zero attached hydrogens (tertiary/aromatic N) is 4. The van der Waals surface area contributed by atoms with Gasteiger partial charge in [0.25, 0.3) is 0 Å². The van der Waals surface area contributed by atoms with E-state index in [1.165, 1.54) is 34.1 Å². The number of halogens is 1. The summed E-state index contributed by atoms with van der Waals surface area (Å²) in [7, 11) is 0. The van der Waals surface area contributed by atoms with Crippen molar-refractivity contribution in [3.05, 3.63) is 71.0 Å². The number of rotatable bonds is 5. The normalized spacial score (nSPS) is 11.0. The van der Waals surface area contributed by atoms with Gasteiger partial charge in [-0.2, -0.15) is 0 Å². The van der Waals surface area contributed by atoms with Crippen molar-refractivity contribution >= 4 is 23.1 Å². The molecule has 0 atom stereocenters. The Bertz CT molecular complexity index is 1070. The van der Waals surface area contributed by atoms with Crippen LogP contribution in [-0.4, -0.2) is 19.9 Å². The number of thiazole rings is 1. The van der Waals surface area contributed by atoms with Gasteiger partial charge in [0.2, 0.25) is 5.16 Å². The molecule has 8 heteroatoms. The topological polar surface area (TPSA) is 69.6 Å². The van der Waals surface area contributed by atoms with E-state index in [4.69, 9.17) is 5.84 Å². The summed E-state index contributed by atoms with van der Waals surface area (Å²) in [5.41, 5.74) is 3.88. The Balaban J connectivity index is 1.47. The van der Waals surface area contributed by atoms with Crippen LogP contribution in [0.4, 0.5) is 4.39 Å². The fraction of sp³-hybridized carbons (Fsp3) is 0.105. The average Bonchev–Trinajstić information content (AvgIpc) is 3.27. The summed E-state index contributed by atoms with van der Waals surface area (Å²) in [5.74, 6) is 6.81. The summed E-state index contributed by atoms with van der Waals surface area (Å²) < 4.78 is 14.8. The first-order valence-corrected chi connectivity index (χ1v) is 10.1. The van der Waals surface area contributed by atoms with Gasteiger partial charge in [0.15, 0.2) is 5.82 Å².